The number of rotatable bonds is 9. The van der Waals surface area contributed by atoms with Crippen molar-refractivity contribution in [3.63, 3.8) is 0 Å². The number of carbonyl (C=O) groups is 1. The van der Waals surface area contributed by atoms with Crippen molar-refractivity contribution in [2.75, 3.05) is 13.2 Å². The summed E-state index contributed by atoms with van der Waals surface area (Å²) in [5, 5.41) is 24.0. The zero-order valence-electron chi connectivity index (χ0n) is 13.5. The van der Waals surface area contributed by atoms with E-state index in [-0.39, 0.29) is 18.6 Å². The Balaban J connectivity index is 2.33. The van der Waals surface area contributed by atoms with Crippen molar-refractivity contribution in [1.82, 2.24) is 10.6 Å². The molecule has 6 nitrogen and oxygen atoms in total. The molecule has 23 heavy (non-hydrogen) atoms. The van der Waals surface area contributed by atoms with Gasteiger partial charge in [0.2, 0.25) is 5.91 Å². The van der Waals surface area contributed by atoms with Crippen LogP contribution in [0.2, 0.25) is 0 Å². The fourth-order valence-electron chi connectivity index (χ4n) is 1.73. The molecule has 0 saturated heterocycles. The molecule has 124 valence electrons. The van der Waals surface area contributed by atoms with Crippen molar-refractivity contribution in [1.29, 1.82) is 5.26 Å². The van der Waals surface area contributed by atoms with E-state index in [1.807, 2.05) is 19.1 Å². The summed E-state index contributed by atoms with van der Waals surface area (Å²) in [6, 6.07) is 9.42. The molecule has 0 aliphatic rings. The van der Waals surface area contributed by atoms with E-state index in [9.17, 15) is 9.90 Å². The van der Waals surface area contributed by atoms with E-state index in [0.717, 1.165) is 5.56 Å². The number of carbonyl (C=O) groups excluding carboxylic acids is 1. The number of nitrogens with one attached hydrogen (secondary N) is 2. The van der Waals surface area contributed by atoms with Gasteiger partial charge in [0.15, 0.2) is 0 Å². The Morgan fingerprint density at radius 3 is 2.74 bits per heavy atom. The topological polar surface area (TPSA) is 94.4 Å². The highest BCUT2D eigenvalue weighted by Gasteiger charge is 2.07. The second-order valence-electron chi connectivity index (χ2n) is 5.24. The minimum atomic E-state index is -0.643. The minimum Gasteiger partial charge on any atom is -0.491 e. The van der Waals surface area contributed by atoms with Gasteiger partial charge in [-0.1, -0.05) is 12.1 Å². The molecule has 1 aromatic carbocycles. The number of nitrogens with zero attached hydrogens (tertiary/aromatic N) is 1. The maximum absolute atomic E-state index is 10.7. The summed E-state index contributed by atoms with van der Waals surface area (Å²) in [5.74, 6) is 0.540. The number of hydrogen-bond donors (Lipinski definition) is 3. The molecule has 0 radical (unpaired) electrons. The molecule has 0 fully saturated rings. The van der Waals surface area contributed by atoms with Gasteiger partial charge in [-0.25, -0.2) is 0 Å². The molecule has 2 atom stereocenters. The van der Waals surface area contributed by atoms with Crippen LogP contribution in [0.3, 0.4) is 0 Å². The molecule has 3 N–H and O–H groups in total. The molecular weight excluding hydrogens is 294 g/mol. The summed E-state index contributed by atoms with van der Waals surface area (Å²) < 4.78 is 5.51. The lowest BCUT2D eigenvalue weighted by Gasteiger charge is -2.15. The lowest BCUT2D eigenvalue weighted by molar-refractivity contribution is -0.118. The maximum atomic E-state index is 10.7. The van der Waals surface area contributed by atoms with Crippen LogP contribution >= 0.6 is 0 Å². The van der Waals surface area contributed by atoms with Gasteiger partial charge in [0, 0.05) is 25.7 Å². The Labute approximate surface area is 136 Å². The van der Waals surface area contributed by atoms with Gasteiger partial charge >= 0.3 is 0 Å². The first kappa shape index (κ1) is 18.7. The molecule has 0 aromatic heterocycles. The summed E-state index contributed by atoms with van der Waals surface area (Å²) >= 11 is 0. The predicted octanol–water partition coefficient (Wildman–Crippen LogP) is 1.42. The Hall–Kier alpha value is -2.36. The predicted molar refractivity (Wildman–Crippen MR) is 88.5 cm³/mol. The average molecular weight is 317 g/mol. The SMILES string of the molecule is CC(=O)NC=Cc1ccc(OCC(O)CNC(C)CC#N)cc1. The standard InChI is InChI=1S/C17H23N3O3/c1-13(7-9-18)20-11-16(22)12-23-17-5-3-15(4-6-17)8-10-19-14(2)21/h3-6,8,10,13,16,20,22H,7,11-12H2,1-2H3,(H,19,21). The molecule has 0 aliphatic carbocycles. The normalized spacial score (nSPS) is 13.3. The number of aliphatic hydroxyl groups is 1. The zero-order chi connectivity index (χ0) is 17.1. The fraction of sp³-hybridized carbons (Fsp3) is 0.412. The molecule has 1 amide bonds. The molecule has 2 unspecified atom stereocenters. The van der Waals surface area contributed by atoms with Gasteiger partial charge in [0.05, 0.1) is 12.5 Å². The van der Waals surface area contributed by atoms with Crippen LogP contribution in [-0.2, 0) is 4.79 Å². The molecule has 0 spiro atoms. The third-order valence-electron chi connectivity index (χ3n) is 2.98. The summed E-state index contributed by atoms with van der Waals surface area (Å²) in [6.45, 7) is 3.89. The summed E-state index contributed by atoms with van der Waals surface area (Å²) in [7, 11) is 0. The molecule has 6 heteroatoms. The second kappa shape index (κ2) is 10.4. The molecule has 0 saturated carbocycles. The van der Waals surface area contributed by atoms with Crippen molar-refractivity contribution < 1.29 is 14.6 Å². The van der Waals surface area contributed by atoms with E-state index < -0.39 is 6.10 Å². The van der Waals surface area contributed by atoms with Crippen LogP contribution in [0.1, 0.15) is 25.8 Å². The third-order valence-corrected chi connectivity index (χ3v) is 2.98. The van der Waals surface area contributed by atoms with Crippen LogP contribution in [0.15, 0.2) is 30.5 Å². The molecule has 0 bridgehead atoms. The number of amides is 1. The first-order valence-corrected chi connectivity index (χ1v) is 7.46. The van der Waals surface area contributed by atoms with Crippen LogP contribution < -0.4 is 15.4 Å². The highest BCUT2D eigenvalue weighted by Crippen LogP contribution is 2.13. The quantitative estimate of drug-likeness (QED) is 0.640. The largest absolute Gasteiger partial charge is 0.491 e. The summed E-state index contributed by atoms with van der Waals surface area (Å²) in [5.41, 5.74) is 0.929. The van der Waals surface area contributed by atoms with Crippen LogP contribution in [0.5, 0.6) is 5.75 Å². The van der Waals surface area contributed by atoms with Crippen molar-refractivity contribution in [3.05, 3.63) is 36.0 Å². The highest BCUT2D eigenvalue weighted by molar-refractivity contribution is 5.74. The first-order valence-electron chi connectivity index (χ1n) is 7.46. The Bertz CT molecular complexity index is 549. The Morgan fingerprint density at radius 1 is 1.43 bits per heavy atom. The second-order valence-corrected chi connectivity index (χ2v) is 5.24. The van der Waals surface area contributed by atoms with E-state index in [1.54, 1.807) is 24.4 Å². The zero-order valence-corrected chi connectivity index (χ0v) is 13.5. The molecule has 1 aromatic rings. The number of hydrogen-bond acceptors (Lipinski definition) is 5. The molecule has 0 aliphatic heterocycles. The Kier molecular flexibility index (Phi) is 8.43. The third kappa shape index (κ3) is 8.61. The van der Waals surface area contributed by atoms with Gasteiger partial charge in [-0.05, 0) is 30.7 Å². The van der Waals surface area contributed by atoms with Gasteiger partial charge < -0.3 is 20.5 Å². The average Bonchev–Trinajstić information content (AvgIpc) is 2.52. The molecule has 0 heterocycles. The van der Waals surface area contributed by atoms with Crippen molar-refractivity contribution in [3.8, 4) is 11.8 Å². The van der Waals surface area contributed by atoms with E-state index in [1.165, 1.54) is 6.92 Å². The van der Waals surface area contributed by atoms with Gasteiger partial charge in [0.25, 0.3) is 0 Å². The number of ether oxygens (including phenoxy) is 1. The van der Waals surface area contributed by atoms with Gasteiger partial charge in [-0.2, -0.15) is 5.26 Å². The van der Waals surface area contributed by atoms with Crippen LogP contribution in [0, 0.1) is 11.3 Å². The van der Waals surface area contributed by atoms with Gasteiger partial charge in [0.1, 0.15) is 18.5 Å². The van der Waals surface area contributed by atoms with Crippen LogP contribution in [-0.4, -0.2) is 36.3 Å². The number of nitriles is 1. The number of benzene rings is 1. The van der Waals surface area contributed by atoms with E-state index in [0.29, 0.717) is 18.7 Å². The van der Waals surface area contributed by atoms with Crippen LogP contribution in [0.25, 0.3) is 6.08 Å². The number of aliphatic hydroxyl groups excluding tert-OH is 1. The lowest BCUT2D eigenvalue weighted by atomic mass is 10.2. The smallest absolute Gasteiger partial charge is 0.220 e. The lowest BCUT2D eigenvalue weighted by Crippen LogP contribution is -2.36. The van der Waals surface area contributed by atoms with Gasteiger partial charge in [-0.3, -0.25) is 4.79 Å². The Morgan fingerprint density at radius 2 is 2.13 bits per heavy atom. The highest BCUT2D eigenvalue weighted by atomic mass is 16.5. The molecular formula is C17H23N3O3. The van der Waals surface area contributed by atoms with E-state index >= 15 is 0 Å². The van der Waals surface area contributed by atoms with Crippen molar-refractivity contribution in [2.24, 2.45) is 0 Å². The minimum absolute atomic E-state index is 0.0457. The fourth-order valence-corrected chi connectivity index (χ4v) is 1.73. The maximum Gasteiger partial charge on any atom is 0.220 e. The van der Waals surface area contributed by atoms with Gasteiger partial charge in [-0.15, -0.1) is 0 Å². The van der Waals surface area contributed by atoms with Crippen molar-refractivity contribution >= 4 is 12.0 Å². The first-order chi connectivity index (χ1) is 11.0. The van der Waals surface area contributed by atoms with Crippen LogP contribution in [0.4, 0.5) is 0 Å². The monoisotopic (exact) mass is 317 g/mol. The molecule has 1 rings (SSSR count). The summed E-state index contributed by atoms with van der Waals surface area (Å²) in [4.78, 5) is 10.7. The summed E-state index contributed by atoms with van der Waals surface area (Å²) in [6.07, 6.45) is 3.12. The van der Waals surface area contributed by atoms with E-state index in [2.05, 4.69) is 16.7 Å². The van der Waals surface area contributed by atoms with E-state index in [4.69, 9.17) is 10.00 Å². The van der Waals surface area contributed by atoms with Crippen molar-refractivity contribution in [2.45, 2.75) is 32.4 Å².